The molecule has 140 valence electrons. The Balaban J connectivity index is 1.76. The third-order valence-corrected chi connectivity index (χ3v) is 4.74. The number of benzene rings is 2. The molecule has 2 aromatic carbocycles. The average Bonchev–Trinajstić information content (AvgIpc) is 2.99. The van der Waals surface area contributed by atoms with Gasteiger partial charge in [-0.15, -0.1) is 0 Å². The zero-order valence-electron chi connectivity index (χ0n) is 14.8. The molecular formula is C20H19Cl2N3O2. The number of nitrogens with one attached hydrogen (secondary N) is 1. The number of ether oxygens (including phenoxy) is 1. The lowest BCUT2D eigenvalue weighted by Crippen LogP contribution is -2.12. The normalized spacial score (nSPS) is 11.2. The van der Waals surface area contributed by atoms with Gasteiger partial charge in [0.25, 0.3) is 0 Å². The molecule has 3 rings (SSSR count). The van der Waals surface area contributed by atoms with Crippen molar-refractivity contribution in [2.24, 2.45) is 5.10 Å². The maximum atomic E-state index is 11.8. The molecule has 0 amide bonds. The molecule has 27 heavy (non-hydrogen) atoms. The molecule has 7 heteroatoms. The molecule has 1 heterocycles. The number of hydrogen-bond acceptors (Lipinski definition) is 4. The number of carbonyl (C=O) groups is 1. The Labute approximate surface area is 167 Å². The van der Waals surface area contributed by atoms with E-state index < -0.39 is 0 Å². The summed E-state index contributed by atoms with van der Waals surface area (Å²) in [7, 11) is 0. The van der Waals surface area contributed by atoms with Crippen molar-refractivity contribution in [2.45, 2.75) is 20.0 Å². The summed E-state index contributed by atoms with van der Waals surface area (Å²) in [6.07, 6.45) is 3.60. The molecule has 0 saturated carbocycles. The van der Waals surface area contributed by atoms with Crippen molar-refractivity contribution < 1.29 is 9.53 Å². The fourth-order valence-electron chi connectivity index (χ4n) is 2.80. The molecule has 0 spiro atoms. The van der Waals surface area contributed by atoms with Crippen molar-refractivity contribution in [1.29, 1.82) is 0 Å². The van der Waals surface area contributed by atoms with Crippen LogP contribution >= 0.6 is 23.2 Å². The molecule has 3 aromatic rings. The Morgan fingerprint density at radius 2 is 1.93 bits per heavy atom. The number of hydrazone groups is 1. The minimum Gasteiger partial charge on any atom is -0.465 e. The lowest BCUT2D eigenvalue weighted by atomic mass is 10.2. The molecule has 0 aliphatic rings. The van der Waals surface area contributed by atoms with Crippen molar-refractivity contribution in [3.8, 4) is 0 Å². The molecule has 1 aromatic heterocycles. The van der Waals surface area contributed by atoms with Gasteiger partial charge < -0.3 is 14.7 Å². The van der Waals surface area contributed by atoms with E-state index in [1.54, 1.807) is 31.3 Å². The molecule has 5 nitrogen and oxygen atoms in total. The SMILES string of the molecule is CCOC(=O)Cn1cc(/C=N/NCc2c(Cl)cccc2Cl)c2ccccc21. The fraction of sp³-hybridized carbons (Fsp3) is 0.200. The minimum absolute atomic E-state index is 0.158. The quantitative estimate of drug-likeness (QED) is 0.355. The van der Waals surface area contributed by atoms with Gasteiger partial charge in [0.1, 0.15) is 6.54 Å². The van der Waals surface area contributed by atoms with Crippen molar-refractivity contribution in [3.05, 3.63) is 69.8 Å². The number of aromatic nitrogens is 1. The van der Waals surface area contributed by atoms with E-state index in [1.165, 1.54) is 0 Å². The molecule has 0 saturated heterocycles. The summed E-state index contributed by atoms with van der Waals surface area (Å²) in [6, 6.07) is 13.2. The summed E-state index contributed by atoms with van der Waals surface area (Å²) in [5.74, 6) is -0.270. The number of esters is 1. The van der Waals surface area contributed by atoms with Crippen LogP contribution < -0.4 is 5.43 Å². The van der Waals surface area contributed by atoms with Gasteiger partial charge in [0.05, 0.1) is 19.4 Å². The Hall–Kier alpha value is -2.50. The zero-order valence-corrected chi connectivity index (χ0v) is 16.3. The van der Waals surface area contributed by atoms with E-state index in [4.69, 9.17) is 27.9 Å². The van der Waals surface area contributed by atoms with Gasteiger partial charge in [0.15, 0.2) is 0 Å². The summed E-state index contributed by atoms with van der Waals surface area (Å²) in [5, 5.41) is 6.47. The first-order chi connectivity index (χ1) is 13.1. The van der Waals surface area contributed by atoms with Gasteiger partial charge in [0.2, 0.25) is 0 Å². The molecule has 0 aliphatic carbocycles. The van der Waals surface area contributed by atoms with Crippen LogP contribution in [0.1, 0.15) is 18.1 Å². The predicted octanol–water partition coefficient (Wildman–Crippen LogP) is 4.63. The first-order valence-electron chi connectivity index (χ1n) is 8.52. The van der Waals surface area contributed by atoms with Crippen LogP contribution in [0.5, 0.6) is 0 Å². The molecule has 0 aliphatic heterocycles. The molecule has 0 fully saturated rings. The van der Waals surface area contributed by atoms with E-state index in [9.17, 15) is 4.79 Å². The highest BCUT2D eigenvalue weighted by Crippen LogP contribution is 2.24. The summed E-state index contributed by atoms with van der Waals surface area (Å²) in [5.41, 5.74) is 5.60. The van der Waals surface area contributed by atoms with Gasteiger partial charge in [-0.1, -0.05) is 47.5 Å². The number of carbonyl (C=O) groups excluding carboxylic acids is 1. The molecule has 1 N–H and O–H groups in total. The zero-order chi connectivity index (χ0) is 19.2. The number of nitrogens with zero attached hydrogens (tertiary/aromatic N) is 2. The highest BCUT2D eigenvalue weighted by Gasteiger charge is 2.10. The van der Waals surface area contributed by atoms with E-state index in [0.717, 1.165) is 22.0 Å². The molecule has 0 radical (unpaired) electrons. The topological polar surface area (TPSA) is 55.6 Å². The first-order valence-corrected chi connectivity index (χ1v) is 9.28. The highest BCUT2D eigenvalue weighted by atomic mass is 35.5. The van der Waals surface area contributed by atoms with Crippen LogP contribution in [0.4, 0.5) is 0 Å². The monoisotopic (exact) mass is 403 g/mol. The molecule has 0 unspecified atom stereocenters. The molecular weight excluding hydrogens is 385 g/mol. The minimum atomic E-state index is -0.270. The van der Waals surface area contributed by atoms with Crippen molar-refractivity contribution >= 4 is 46.3 Å². The van der Waals surface area contributed by atoms with Crippen LogP contribution in [-0.2, 0) is 22.6 Å². The van der Waals surface area contributed by atoms with E-state index in [0.29, 0.717) is 23.2 Å². The Morgan fingerprint density at radius 3 is 2.67 bits per heavy atom. The maximum Gasteiger partial charge on any atom is 0.325 e. The van der Waals surface area contributed by atoms with Crippen LogP contribution in [0, 0.1) is 0 Å². The fourth-order valence-corrected chi connectivity index (χ4v) is 3.33. The first kappa shape index (κ1) is 19.3. The van der Waals surface area contributed by atoms with Crippen molar-refractivity contribution in [2.75, 3.05) is 6.61 Å². The third-order valence-electron chi connectivity index (χ3n) is 4.04. The van der Waals surface area contributed by atoms with Gasteiger partial charge in [-0.3, -0.25) is 4.79 Å². The smallest absolute Gasteiger partial charge is 0.325 e. The standard InChI is InChI=1S/C20H19Cl2N3O2/c1-2-27-20(26)13-25-12-14(15-6-3-4-9-19(15)25)10-23-24-11-16-17(21)7-5-8-18(16)22/h3-10,12,24H,2,11,13H2,1H3/b23-10+. The lowest BCUT2D eigenvalue weighted by molar-refractivity contribution is -0.143. The van der Waals surface area contributed by atoms with Gasteiger partial charge in [-0.25, -0.2) is 0 Å². The Kier molecular flexibility index (Phi) is 6.37. The van der Waals surface area contributed by atoms with E-state index in [2.05, 4.69) is 10.5 Å². The van der Waals surface area contributed by atoms with Crippen LogP contribution in [0.25, 0.3) is 10.9 Å². The number of fused-ring (bicyclic) bond motifs is 1. The van der Waals surface area contributed by atoms with Gasteiger partial charge in [-0.05, 0) is 25.1 Å². The summed E-state index contributed by atoms with van der Waals surface area (Å²) >= 11 is 12.3. The summed E-state index contributed by atoms with van der Waals surface area (Å²) in [4.78, 5) is 11.8. The van der Waals surface area contributed by atoms with Gasteiger partial charge >= 0.3 is 5.97 Å². The Morgan fingerprint density at radius 1 is 1.19 bits per heavy atom. The van der Waals surface area contributed by atoms with Gasteiger partial charge in [0, 0.05) is 38.3 Å². The molecule has 0 bridgehead atoms. The van der Waals surface area contributed by atoms with Crippen LogP contribution in [0.3, 0.4) is 0 Å². The van der Waals surface area contributed by atoms with Gasteiger partial charge in [-0.2, -0.15) is 5.10 Å². The highest BCUT2D eigenvalue weighted by molar-refractivity contribution is 6.35. The van der Waals surface area contributed by atoms with Crippen molar-refractivity contribution in [3.63, 3.8) is 0 Å². The second-order valence-electron chi connectivity index (χ2n) is 5.83. The van der Waals surface area contributed by atoms with Crippen LogP contribution in [-0.4, -0.2) is 23.4 Å². The predicted molar refractivity (Wildman–Crippen MR) is 109 cm³/mol. The number of para-hydroxylation sites is 1. The summed E-state index contributed by atoms with van der Waals surface area (Å²) < 4.78 is 6.90. The number of hydrogen-bond donors (Lipinski definition) is 1. The largest absolute Gasteiger partial charge is 0.465 e. The second kappa shape index (κ2) is 8.93. The summed E-state index contributed by atoms with van der Waals surface area (Å²) in [6.45, 7) is 2.73. The number of rotatable bonds is 7. The maximum absolute atomic E-state index is 11.8. The second-order valence-corrected chi connectivity index (χ2v) is 6.64. The Bertz CT molecular complexity index is 962. The van der Waals surface area contributed by atoms with E-state index in [1.807, 2.05) is 35.0 Å². The molecule has 0 atom stereocenters. The van der Waals surface area contributed by atoms with Crippen molar-refractivity contribution in [1.82, 2.24) is 9.99 Å². The number of halogens is 2. The lowest BCUT2D eigenvalue weighted by Gasteiger charge is -2.05. The van der Waals surface area contributed by atoms with E-state index >= 15 is 0 Å². The average molecular weight is 404 g/mol. The van der Waals surface area contributed by atoms with Crippen LogP contribution in [0.15, 0.2) is 53.8 Å². The van der Waals surface area contributed by atoms with Crippen LogP contribution in [0.2, 0.25) is 10.0 Å². The van der Waals surface area contributed by atoms with E-state index in [-0.39, 0.29) is 12.5 Å². The third kappa shape index (κ3) is 4.62.